The first-order chi connectivity index (χ1) is 9.93. The summed E-state index contributed by atoms with van der Waals surface area (Å²) in [5.41, 5.74) is -0.788. The molecule has 2 N–H and O–H groups in total. The van der Waals surface area contributed by atoms with Crippen LogP contribution in [0.2, 0.25) is 0 Å². The number of carbonyl (C=O) groups is 1. The van der Waals surface area contributed by atoms with Crippen molar-refractivity contribution in [3.8, 4) is 0 Å². The molecule has 4 atom stereocenters. The third-order valence-electron chi connectivity index (χ3n) is 4.46. The molecule has 0 radical (unpaired) electrons. The molecule has 1 saturated carbocycles. The third kappa shape index (κ3) is 3.83. The molecular weight excluding hydrogens is 324 g/mol. The zero-order chi connectivity index (χ0) is 16.1. The Morgan fingerprint density at radius 2 is 1.86 bits per heavy atom. The summed E-state index contributed by atoms with van der Waals surface area (Å²) in [6.07, 6.45) is 11.8. The maximum atomic E-state index is 11.4. The van der Waals surface area contributed by atoms with E-state index in [2.05, 4.69) is 6.92 Å². The van der Waals surface area contributed by atoms with Crippen LogP contribution in [0.4, 0.5) is 0 Å². The van der Waals surface area contributed by atoms with Gasteiger partial charge in [0.25, 0.3) is 0 Å². The van der Waals surface area contributed by atoms with E-state index in [0.29, 0.717) is 12.8 Å². The molecule has 3 nitrogen and oxygen atoms in total. The van der Waals surface area contributed by atoms with Gasteiger partial charge in [0.15, 0.2) is 0 Å². The lowest BCUT2D eigenvalue weighted by atomic mass is 9.85. The Hall–Kier alpha value is 0.380. The van der Waals surface area contributed by atoms with Gasteiger partial charge in [0.05, 0.1) is 12.2 Å². The second-order valence-electron chi connectivity index (χ2n) is 5.57. The van der Waals surface area contributed by atoms with Crippen molar-refractivity contribution >= 4 is 41.6 Å². The Morgan fingerprint density at radius 1 is 1.29 bits per heavy atom. The van der Waals surface area contributed by atoms with Crippen molar-refractivity contribution in [3.63, 3.8) is 0 Å². The van der Waals surface area contributed by atoms with Crippen LogP contribution in [0.25, 0.3) is 0 Å². The zero-order valence-electron chi connectivity index (χ0n) is 13.1. The molecule has 1 fully saturated rings. The lowest BCUT2D eigenvalue weighted by Gasteiger charge is -2.42. The van der Waals surface area contributed by atoms with Gasteiger partial charge in [-0.1, -0.05) is 19.1 Å². The molecule has 1 aliphatic rings. The molecule has 0 bridgehead atoms. The molecule has 0 aromatic rings. The van der Waals surface area contributed by atoms with Crippen molar-refractivity contribution in [1.82, 2.24) is 0 Å². The second kappa shape index (κ2) is 8.29. The molecule has 1 rings (SSSR count). The van der Waals surface area contributed by atoms with Crippen LogP contribution in [0.1, 0.15) is 19.8 Å². The number of hydrogen-bond donors (Lipinski definition) is 2. The summed E-state index contributed by atoms with van der Waals surface area (Å²) in [6, 6.07) is 0. The van der Waals surface area contributed by atoms with E-state index in [9.17, 15) is 9.90 Å². The summed E-state index contributed by atoms with van der Waals surface area (Å²) in [6.45, 7) is 2.05. The quantitative estimate of drug-likeness (QED) is 0.399. The second-order valence-corrected chi connectivity index (χ2v) is 9.41. The summed E-state index contributed by atoms with van der Waals surface area (Å²) in [7, 11) is 0. The van der Waals surface area contributed by atoms with E-state index < -0.39 is 5.60 Å². The fraction of sp³-hybridized carbons (Fsp3) is 0.800. The van der Waals surface area contributed by atoms with Gasteiger partial charge in [-0.2, -0.15) is 0 Å². The third-order valence-corrected chi connectivity index (χ3v) is 10.2. The Balaban J connectivity index is 3.01. The Morgan fingerprint density at radius 3 is 2.29 bits per heavy atom. The van der Waals surface area contributed by atoms with Crippen LogP contribution in [0.15, 0.2) is 12.2 Å². The maximum Gasteiger partial charge on any atom is 0.135 e. The average molecular weight is 351 g/mol. The first-order valence-corrected chi connectivity index (χ1v) is 10.7. The van der Waals surface area contributed by atoms with E-state index in [1.165, 1.54) is 0 Å². The van der Waals surface area contributed by atoms with E-state index in [0.717, 1.165) is 6.29 Å². The van der Waals surface area contributed by atoms with Gasteiger partial charge in [-0.3, -0.25) is 0 Å². The van der Waals surface area contributed by atoms with Crippen LogP contribution in [-0.4, -0.2) is 50.9 Å². The Labute approximate surface area is 140 Å². The van der Waals surface area contributed by atoms with Crippen LogP contribution in [0, 0.1) is 17.8 Å². The highest BCUT2D eigenvalue weighted by molar-refractivity contribution is 8.33. The molecular formula is C15H26O3S3. The molecule has 21 heavy (non-hydrogen) atoms. The highest BCUT2D eigenvalue weighted by atomic mass is 32.3. The molecule has 4 unspecified atom stereocenters. The van der Waals surface area contributed by atoms with Gasteiger partial charge >= 0.3 is 0 Å². The average Bonchev–Trinajstić information content (AvgIpc) is 2.79. The molecule has 0 aliphatic heterocycles. The maximum absolute atomic E-state index is 11.4. The standard InChI is InChI=1S/C15H26O3S3/c1-11-8-14(18,15(19-2,20-3)21-4)9-13(11)12(10-17)6-5-7-16/h5-6,10-13,16,18H,7-9H2,1-4H3. The molecule has 0 aromatic heterocycles. The van der Waals surface area contributed by atoms with Crippen molar-refractivity contribution in [2.75, 3.05) is 25.4 Å². The number of thioether (sulfide) groups is 3. The van der Waals surface area contributed by atoms with Gasteiger partial charge in [0.1, 0.15) is 9.70 Å². The highest BCUT2D eigenvalue weighted by Crippen LogP contribution is 2.59. The minimum Gasteiger partial charge on any atom is -0.392 e. The summed E-state index contributed by atoms with van der Waals surface area (Å²) in [5.74, 6) is 0.171. The van der Waals surface area contributed by atoms with Crippen molar-refractivity contribution < 1.29 is 15.0 Å². The molecule has 0 saturated heterocycles. The van der Waals surface area contributed by atoms with Crippen molar-refractivity contribution in [3.05, 3.63) is 12.2 Å². The highest BCUT2D eigenvalue weighted by Gasteiger charge is 2.56. The smallest absolute Gasteiger partial charge is 0.135 e. The molecule has 6 heteroatoms. The summed E-state index contributed by atoms with van der Waals surface area (Å²) < 4.78 is -0.301. The largest absolute Gasteiger partial charge is 0.392 e. The van der Waals surface area contributed by atoms with Crippen molar-refractivity contribution in [2.24, 2.45) is 17.8 Å². The number of allylic oxidation sites excluding steroid dienone is 1. The van der Waals surface area contributed by atoms with Gasteiger partial charge in [-0.15, -0.1) is 35.3 Å². The van der Waals surface area contributed by atoms with E-state index in [-0.39, 0.29) is 27.8 Å². The van der Waals surface area contributed by atoms with Crippen LogP contribution in [-0.2, 0) is 4.79 Å². The molecule has 1 aliphatic carbocycles. The van der Waals surface area contributed by atoms with Crippen LogP contribution in [0.3, 0.4) is 0 Å². The summed E-state index contributed by atoms with van der Waals surface area (Å²) >= 11 is 5.05. The summed E-state index contributed by atoms with van der Waals surface area (Å²) in [5, 5.41) is 20.2. The van der Waals surface area contributed by atoms with Gasteiger partial charge in [-0.25, -0.2) is 0 Å². The number of carbonyl (C=O) groups excluding carboxylic acids is 1. The topological polar surface area (TPSA) is 57.5 Å². The van der Waals surface area contributed by atoms with Crippen molar-refractivity contribution in [1.29, 1.82) is 0 Å². The van der Waals surface area contributed by atoms with E-state index >= 15 is 0 Å². The fourth-order valence-corrected chi connectivity index (χ4v) is 7.09. The molecule has 0 amide bonds. The minimum absolute atomic E-state index is 0.0555. The molecule has 0 heterocycles. The molecule has 122 valence electrons. The number of aldehydes is 1. The Kier molecular flexibility index (Phi) is 7.67. The molecule has 0 spiro atoms. The van der Waals surface area contributed by atoms with Crippen molar-refractivity contribution in [2.45, 2.75) is 28.8 Å². The predicted octanol–water partition coefficient (Wildman–Crippen LogP) is 2.87. The fourth-order valence-electron chi connectivity index (χ4n) is 3.45. The first-order valence-electron chi connectivity index (χ1n) is 7.04. The summed E-state index contributed by atoms with van der Waals surface area (Å²) in [4.78, 5) is 11.4. The van der Waals surface area contributed by atoms with Gasteiger partial charge in [-0.05, 0) is 43.4 Å². The zero-order valence-corrected chi connectivity index (χ0v) is 15.6. The van der Waals surface area contributed by atoms with Crippen LogP contribution >= 0.6 is 35.3 Å². The number of rotatable bonds is 8. The SMILES string of the molecule is CSC(SC)(SC)C1(O)CC(C)C(C(C=O)C=CCO)C1. The lowest BCUT2D eigenvalue weighted by Crippen LogP contribution is -2.45. The van der Waals surface area contributed by atoms with Gasteiger partial charge in [0.2, 0.25) is 0 Å². The monoisotopic (exact) mass is 350 g/mol. The lowest BCUT2D eigenvalue weighted by molar-refractivity contribution is -0.111. The van der Waals surface area contributed by atoms with Gasteiger partial charge in [0, 0.05) is 5.92 Å². The van der Waals surface area contributed by atoms with Gasteiger partial charge < -0.3 is 15.0 Å². The number of aliphatic hydroxyl groups is 2. The minimum atomic E-state index is -0.788. The van der Waals surface area contributed by atoms with E-state index in [1.54, 1.807) is 47.4 Å². The van der Waals surface area contributed by atoms with E-state index in [1.807, 2.05) is 18.8 Å². The normalized spacial score (nSPS) is 31.7. The predicted molar refractivity (Wildman–Crippen MR) is 95.9 cm³/mol. The molecule has 0 aromatic carbocycles. The number of hydrogen-bond acceptors (Lipinski definition) is 6. The Bertz CT molecular complexity index is 363. The number of aliphatic hydroxyl groups excluding tert-OH is 1. The van der Waals surface area contributed by atoms with Crippen LogP contribution < -0.4 is 0 Å². The van der Waals surface area contributed by atoms with E-state index in [4.69, 9.17) is 5.11 Å². The van der Waals surface area contributed by atoms with Crippen LogP contribution in [0.5, 0.6) is 0 Å². The first kappa shape index (κ1) is 19.4.